The molecule has 1 heterocycles. The first-order chi connectivity index (χ1) is 7.36. The van der Waals surface area contributed by atoms with E-state index in [0.717, 1.165) is 4.88 Å². The summed E-state index contributed by atoms with van der Waals surface area (Å²) in [6.45, 7) is 8.30. The van der Waals surface area contributed by atoms with Gasteiger partial charge in [0.2, 0.25) is 0 Å². The fraction of sp³-hybridized carbons (Fsp3) is 0.583. The number of carbonyl (C=O) groups is 1. The minimum absolute atomic E-state index is 0.0390. The van der Waals surface area contributed by atoms with Crippen molar-refractivity contribution in [1.29, 1.82) is 0 Å². The Balaban J connectivity index is 2.82. The average molecular weight is 242 g/mol. The van der Waals surface area contributed by atoms with Crippen molar-refractivity contribution in [1.82, 2.24) is 0 Å². The molecule has 0 radical (unpaired) electrons. The van der Waals surface area contributed by atoms with Crippen LogP contribution in [0.15, 0.2) is 12.1 Å². The number of ether oxygens (including phenoxy) is 1. The van der Waals surface area contributed by atoms with Crippen molar-refractivity contribution in [3.63, 3.8) is 0 Å². The fourth-order valence-corrected chi connectivity index (χ4v) is 2.28. The van der Waals surface area contributed by atoms with Gasteiger partial charge in [0.05, 0.1) is 6.61 Å². The summed E-state index contributed by atoms with van der Waals surface area (Å²) in [5.41, 5.74) is 0.0390. The van der Waals surface area contributed by atoms with Gasteiger partial charge in [-0.2, -0.15) is 0 Å². The van der Waals surface area contributed by atoms with Gasteiger partial charge >= 0.3 is 5.97 Å². The summed E-state index contributed by atoms with van der Waals surface area (Å²) in [5.74, 6) is -0.579. The van der Waals surface area contributed by atoms with Crippen molar-refractivity contribution < 1.29 is 14.6 Å². The Morgan fingerprint density at radius 3 is 2.56 bits per heavy atom. The van der Waals surface area contributed by atoms with Gasteiger partial charge in [-0.1, -0.05) is 20.8 Å². The van der Waals surface area contributed by atoms with Gasteiger partial charge < -0.3 is 9.84 Å². The average Bonchev–Trinajstić information content (AvgIpc) is 2.65. The van der Waals surface area contributed by atoms with E-state index in [1.165, 1.54) is 11.3 Å². The smallest absolute Gasteiger partial charge is 0.340 e. The van der Waals surface area contributed by atoms with Crippen molar-refractivity contribution in [3.8, 4) is 0 Å². The Morgan fingerprint density at radius 2 is 2.12 bits per heavy atom. The van der Waals surface area contributed by atoms with Crippen LogP contribution in [0.4, 0.5) is 0 Å². The normalized spacial score (nSPS) is 13.6. The first kappa shape index (κ1) is 13.2. The number of rotatable bonds is 3. The zero-order valence-electron chi connectivity index (χ0n) is 10.1. The third-order valence-electron chi connectivity index (χ3n) is 2.15. The third kappa shape index (κ3) is 3.06. The van der Waals surface area contributed by atoms with E-state index in [0.29, 0.717) is 4.88 Å². The number of thiophene rings is 1. The topological polar surface area (TPSA) is 46.5 Å². The van der Waals surface area contributed by atoms with Crippen LogP contribution in [-0.2, 0) is 14.9 Å². The summed E-state index contributed by atoms with van der Waals surface area (Å²) in [6.07, 6.45) is -1.15. The molecule has 1 unspecified atom stereocenters. The summed E-state index contributed by atoms with van der Waals surface area (Å²) < 4.78 is 4.77. The maximum absolute atomic E-state index is 11.3. The lowest BCUT2D eigenvalue weighted by atomic mass is 9.95. The molecule has 1 rings (SSSR count). The van der Waals surface area contributed by atoms with Gasteiger partial charge in [0.15, 0.2) is 6.10 Å². The van der Waals surface area contributed by atoms with Crippen molar-refractivity contribution in [2.75, 3.05) is 6.61 Å². The summed E-state index contributed by atoms with van der Waals surface area (Å²) in [6, 6.07) is 3.73. The second-order valence-corrected chi connectivity index (χ2v) is 5.72. The molecule has 90 valence electrons. The second kappa shape index (κ2) is 4.97. The molecule has 0 fully saturated rings. The molecule has 0 bridgehead atoms. The summed E-state index contributed by atoms with van der Waals surface area (Å²) in [5, 5.41) is 9.74. The van der Waals surface area contributed by atoms with Gasteiger partial charge in [0.25, 0.3) is 0 Å². The van der Waals surface area contributed by atoms with Crippen LogP contribution in [0.1, 0.15) is 43.6 Å². The molecule has 1 N–H and O–H groups in total. The molecule has 0 amide bonds. The van der Waals surface area contributed by atoms with Crippen molar-refractivity contribution >= 4 is 17.3 Å². The molecular formula is C12H18O3S. The van der Waals surface area contributed by atoms with Crippen LogP contribution in [0.25, 0.3) is 0 Å². The largest absolute Gasteiger partial charge is 0.464 e. The predicted molar refractivity (Wildman–Crippen MR) is 64.6 cm³/mol. The zero-order chi connectivity index (χ0) is 12.3. The van der Waals surface area contributed by atoms with E-state index in [-0.39, 0.29) is 12.0 Å². The van der Waals surface area contributed by atoms with E-state index in [1.54, 1.807) is 13.0 Å². The molecule has 0 spiro atoms. The van der Waals surface area contributed by atoms with Crippen LogP contribution in [0.5, 0.6) is 0 Å². The Morgan fingerprint density at radius 1 is 1.50 bits per heavy atom. The Labute approximate surface area is 100 Å². The fourth-order valence-electron chi connectivity index (χ4n) is 1.24. The molecule has 0 aromatic carbocycles. The highest BCUT2D eigenvalue weighted by Crippen LogP contribution is 2.32. The third-order valence-corrected chi connectivity index (χ3v) is 3.71. The molecule has 16 heavy (non-hydrogen) atoms. The number of hydrogen-bond donors (Lipinski definition) is 1. The highest BCUT2D eigenvalue weighted by atomic mass is 32.1. The molecule has 1 aromatic rings. The van der Waals surface area contributed by atoms with Crippen molar-refractivity contribution in [3.05, 3.63) is 21.9 Å². The van der Waals surface area contributed by atoms with Crippen LogP contribution >= 0.6 is 11.3 Å². The summed E-state index contributed by atoms with van der Waals surface area (Å²) in [4.78, 5) is 13.1. The molecule has 0 saturated carbocycles. The maximum atomic E-state index is 11.3. The van der Waals surface area contributed by atoms with Gasteiger partial charge in [-0.15, -0.1) is 11.3 Å². The number of esters is 1. The lowest BCUT2D eigenvalue weighted by Gasteiger charge is -2.15. The van der Waals surface area contributed by atoms with Crippen molar-refractivity contribution in [2.45, 2.75) is 39.2 Å². The molecule has 0 aliphatic rings. The molecule has 3 nitrogen and oxygen atoms in total. The molecule has 1 aromatic heterocycles. The Kier molecular flexibility index (Phi) is 4.10. The summed E-state index contributed by atoms with van der Waals surface area (Å²) in [7, 11) is 0. The van der Waals surface area contributed by atoms with Gasteiger partial charge in [0.1, 0.15) is 0 Å². The quantitative estimate of drug-likeness (QED) is 0.829. The number of aliphatic hydroxyl groups is 1. The highest BCUT2D eigenvalue weighted by Gasteiger charge is 2.23. The van der Waals surface area contributed by atoms with Crippen LogP contribution in [0.3, 0.4) is 0 Å². The number of hydrogen-bond acceptors (Lipinski definition) is 4. The van der Waals surface area contributed by atoms with Crippen LogP contribution < -0.4 is 0 Å². The predicted octanol–water partition coefficient (Wildman–Crippen LogP) is 2.64. The molecule has 0 aliphatic carbocycles. The van der Waals surface area contributed by atoms with E-state index in [4.69, 9.17) is 4.74 Å². The van der Waals surface area contributed by atoms with Gasteiger partial charge in [0, 0.05) is 9.75 Å². The standard InChI is InChI=1S/C12H18O3S/c1-5-15-11(14)10(13)8-6-7-9(16-8)12(2,3)4/h6-7,10,13H,5H2,1-4H3. The summed E-state index contributed by atoms with van der Waals surface area (Å²) >= 11 is 1.45. The SMILES string of the molecule is CCOC(=O)C(O)c1ccc(C(C)(C)C)s1. The molecule has 0 saturated heterocycles. The van der Waals surface area contributed by atoms with Crippen LogP contribution in [-0.4, -0.2) is 17.7 Å². The van der Waals surface area contributed by atoms with E-state index in [9.17, 15) is 9.90 Å². The number of carbonyl (C=O) groups excluding carboxylic acids is 1. The van der Waals surface area contributed by atoms with E-state index in [1.807, 2.05) is 6.07 Å². The lowest BCUT2D eigenvalue weighted by Crippen LogP contribution is -2.14. The van der Waals surface area contributed by atoms with E-state index >= 15 is 0 Å². The monoisotopic (exact) mass is 242 g/mol. The highest BCUT2D eigenvalue weighted by molar-refractivity contribution is 7.12. The van der Waals surface area contributed by atoms with Crippen LogP contribution in [0.2, 0.25) is 0 Å². The first-order valence-electron chi connectivity index (χ1n) is 5.31. The maximum Gasteiger partial charge on any atom is 0.340 e. The molecule has 4 heteroatoms. The molecular weight excluding hydrogens is 224 g/mol. The second-order valence-electron chi connectivity index (χ2n) is 4.61. The van der Waals surface area contributed by atoms with Crippen molar-refractivity contribution in [2.24, 2.45) is 0 Å². The van der Waals surface area contributed by atoms with Gasteiger partial charge in [-0.3, -0.25) is 0 Å². The zero-order valence-corrected chi connectivity index (χ0v) is 10.9. The first-order valence-corrected chi connectivity index (χ1v) is 6.13. The Bertz CT molecular complexity index is 363. The minimum Gasteiger partial charge on any atom is -0.464 e. The van der Waals surface area contributed by atoms with Gasteiger partial charge in [-0.05, 0) is 24.5 Å². The van der Waals surface area contributed by atoms with E-state index < -0.39 is 12.1 Å². The van der Waals surface area contributed by atoms with E-state index in [2.05, 4.69) is 20.8 Å². The lowest BCUT2D eigenvalue weighted by molar-refractivity contribution is -0.153. The molecule has 0 aliphatic heterocycles. The molecule has 1 atom stereocenters. The Hall–Kier alpha value is -0.870. The van der Waals surface area contributed by atoms with Crippen LogP contribution in [0, 0.1) is 0 Å². The number of aliphatic hydroxyl groups excluding tert-OH is 1. The van der Waals surface area contributed by atoms with Gasteiger partial charge in [-0.25, -0.2) is 4.79 Å². The minimum atomic E-state index is -1.15.